The smallest absolute Gasteiger partial charge is 0.266 e. The van der Waals surface area contributed by atoms with E-state index in [0.717, 1.165) is 11.4 Å². The van der Waals surface area contributed by atoms with E-state index in [1.807, 2.05) is 54.6 Å². The topological polar surface area (TPSA) is 44.1 Å². The van der Waals surface area contributed by atoms with E-state index in [1.165, 1.54) is 22.9 Å². The Balaban J connectivity index is 1.59. The second-order valence-corrected chi connectivity index (χ2v) is 8.84. The monoisotopic (exact) mass is 430 g/mol. The van der Waals surface area contributed by atoms with Crippen molar-refractivity contribution >= 4 is 22.7 Å². The van der Waals surface area contributed by atoms with Crippen molar-refractivity contribution in [1.82, 2.24) is 9.55 Å². The molecule has 0 unspecified atom stereocenters. The molecular formula is C26H26N2O2S. The third kappa shape index (κ3) is 4.67. The zero-order chi connectivity index (χ0) is 21.8. The van der Waals surface area contributed by atoms with Crippen molar-refractivity contribution in [2.24, 2.45) is 0 Å². The highest BCUT2D eigenvalue weighted by Gasteiger charge is 2.13. The number of aromatic nitrogens is 2. The van der Waals surface area contributed by atoms with Gasteiger partial charge in [0, 0.05) is 5.75 Å². The largest absolute Gasteiger partial charge is 0.492 e. The van der Waals surface area contributed by atoms with Crippen LogP contribution in [0.5, 0.6) is 5.75 Å². The Labute approximate surface area is 186 Å². The molecule has 0 saturated carbocycles. The van der Waals surface area contributed by atoms with Gasteiger partial charge in [0.25, 0.3) is 5.56 Å². The molecule has 0 spiro atoms. The van der Waals surface area contributed by atoms with Crippen LogP contribution in [-0.4, -0.2) is 21.9 Å². The van der Waals surface area contributed by atoms with Gasteiger partial charge in [-0.15, -0.1) is 0 Å². The van der Waals surface area contributed by atoms with Crippen LogP contribution in [0.25, 0.3) is 16.6 Å². The van der Waals surface area contributed by atoms with Crippen LogP contribution in [0, 0.1) is 6.92 Å². The van der Waals surface area contributed by atoms with Crippen LogP contribution in [0.2, 0.25) is 0 Å². The summed E-state index contributed by atoms with van der Waals surface area (Å²) in [4.78, 5) is 18.0. The van der Waals surface area contributed by atoms with E-state index in [1.54, 1.807) is 4.57 Å². The van der Waals surface area contributed by atoms with Crippen molar-refractivity contribution in [1.29, 1.82) is 0 Å². The minimum atomic E-state index is -0.0546. The van der Waals surface area contributed by atoms with Gasteiger partial charge >= 0.3 is 0 Å². The van der Waals surface area contributed by atoms with Crippen LogP contribution in [0.15, 0.2) is 82.7 Å². The first-order chi connectivity index (χ1) is 15.0. The molecule has 0 atom stereocenters. The summed E-state index contributed by atoms with van der Waals surface area (Å²) >= 11 is 1.54. The van der Waals surface area contributed by atoms with Crippen LogP contribution < -0.4 is 10.3 Å². The fourth-order valence-electron chi connectivity index (χ4n) is 3.54. The van der Waals surface area contributed by atoms with Gasteiger partial charge < -0.3 is 4.74 Å². The molecule has 5 heteroatoms. The molecule has 4 nitrogen and oxygen atoms in total. The highest BCUT2D eigenvalue weighted by Crippen LogP contribution is 2.28. The first-order valence-corrected chi connectivity index (χ1v) is 11.5. The number of rotatable bonds is 7. The molecule has 0 bridgehead atoms. The van der Waals surface area contributed by atoms with Crippen molar-refractivity contribution in [2.45, 2.75) is 31.8 Å². The molecule has 0 N–H and O–H groups in total. The number of fused-ring (bicyclic) bond motifs is 1. The van der Waals surface area contributed by atoms with E-state index in [2.05, 4.69) is 39.0 Å². The van der Waals surface area contributed by atoms with Gasteiger partial charge in [-0.3, -0.25) is 9.36 Å². The van der Waals surface area contributed by atoms with Crippen LogP contribution in [0.4, 0.5) is 0 Å². The zero-order valence-electron chi connectivity index (χ0n) is 18.0. The van der Waals surface area contributed by atoms with Gasteiger partial charge in [0.05, 0.1) is 23.2 Å². The molecule has 31 heavy (non-hydrogen) atoms. The number of benzene rings is 3. The first-order valence-electron chi connectivity index (χ1n) is 10.5. The van der Waals surface area contributed by atoms with E-state index >= 15 is 0 Å². The summed E-state index contributed by atoms with van der Waals surface area (Å²) in [6.45, 7) is 6.95. The van der Waals surface area contributed by atoms with Crippen LogP contribution in [-0.2, 0) is 0 Å². The Bertz CT molecular complexity index is 1250. The van der Waals surface area contributed by atoms with Gasteiger partial charge in [0.2, 0.25) is 0 Å². The molecule has 1 heterocycles. The number of hydrogen-bond donors (Lipinski definition) is 0. The average molecular weight is 431 g/mol. The maximum atomic E-state index is 13.2. The summed E-state index contributed by atoms with van der Waals surface area (Å²) in [6.07, 6.45) is 0. The maximum absolute atomic E-state index is 13.2. The van der Waals surface area contributed by atoms with Crippen LogP contribution >= 0.6 is 11.8 Å². The lowest BCUT2D eigenvalue weighted by Gasteiger charge is -2.16. The Kier molecular flexibility index (Phi) is 6.42. The van der Waals surface area contributed by atoms with E-state index in [0.29, 0.717) is 34.3 Å². The molecule has 0 aliphatic heterocycles. The van der Waals surface area contributed by atoms with Crippen LogP contribution in [0.3, 0.4) is 0 Å². The van der Waals surface area contributed by atoms with Crippen molar-refractivity contribution in [3.8, 4) is 11.4 Å². The van der Waals surface area contributed by atoms with Crippen molar-refractivity contribution < 1.29 is 4.74 Å². The Morgan fingerprint density at radius 2 is 1.74 bits per heavy atom. The first kappa shape index (κ1) is 21.2. The predicted molar refractivity (Wildman–Crippen MR) is 129 cm³/mol. The van der Waals surface area contributed by atoms with E-state index < -0.39 is 0 Å². The summed E-state index contributed by atoms with van der Waals surface area (Å²) in [5, 5.41) is 1.29. The fraction of sp³-hybridized carbons (Fsp3) is 0.231. The molecule has 0 aliphatic carbocycles. The lowest BCUT2D eigenvalue weighted by atomic mass is 10.0. The SMILES string of the molecule is Cc1ccc(C(C)C)c(OCCSc2nc3ccccc3c(=O)n2-c2ccccc2)c1. The number of para-hydroxylation sites is 2. The Morgan fingerprint density at radius 3 is 2.52 bits per heavy atom. The van der Waals surface area contributed by atoms with Gasteiger partial charge in [0.1, 0.15) is 5.75 Å². The standard InChI is InChI=1S/C26H26N2O2S/c1-18(2)21-14-13-19(3)17-24(21)30-15-16-31-26-27-23-12-8-7-11-22(23)25(29)28(26)20-9-5-4-6-10-20/h4-14,17-18H,15-16H2,1-3H3. The molecule has 4 rings (SSSR count). The van der Waals surface area contributed by atoms with Gasteiger partial charge in [-0.05, 0) is 54.3 Å². The molecule has 3 aromatic carbocycles. The molecule has 0 radical (unpaired) electrons. The zero-order valence-corrected chi connectivity index (χ0v) is 18.9. The number of aryl methyl sites for hydroxylation is 1. The number of nitrogens with zero attached hydrogens (tertiary/aromatic N) is 2. The summed E-state index contributed by atoms with van der Waals surface area (Å²) < 4.78 is 7.82. The van der Waals surface area contributed by atoms with Gasteiger partial charge in [-0.1, -0.05) is 68.1 Å². The summed E-state index contributed by atoms with van der Waals surface area (Å²) in [6, 6.07) is 23.5. The molecule has 0 saturated heterocycles. The molecule has 1 aromatic heterocycles. The number of ether oxygens (including phenoxy) is 1. The molecule has 158 valence electrons. The van der Waals surface area contributed by atoms with Gasteiger partial charge in [-0.25, -0.2) is 4.98 Å². The minimum absolute atomic E-state index is 0.0546. The molecular weight excluding hydrogens is 404 g/mol. The molecule has 4 aromatic rings. The second-order valence-electron chi connectivity index (χ2n) is 7.78. The lowest BCUT2D eigenvalue weighted by molar-refractivity contribution is 0.338. The summed E-state index contributed by atoms with van der Waals surface area (Å²) in [5.41, 5.74) is 3.86. The van der Waals surface area contributed by atoms with Crippen molar-refractivity contribution in [3.63, 3.8) is 0 Å². The van der Waals surface area contributed by atoms with Crippen molar-refractivity contribution in [3.05, 3.63) is 94.3 Å². The van der Waals surface area contributed by atoms with E-state index in [9.17, 15) is 4.79 Å². The summed E-state index contributed by atoms with van der Waals surface area (Å²) in [7, 11) is 0. The molecule has 0 fully saturated rings. The van der Waals surface area contributed by atoms with E-state index in [4.69, 9.17) is 9.72 Å². The Morgan fingerprint density at radius 1 is 1.00 bits per heavy atom. The lowest BCUT2D eigenvalue weighted by Crippen LogP contribution is -2.22. The normalized spacial score (nSPS) is 11.2. The average Bonchev–Trinajstić information content (AvgIpc) is 2.77. The Hall–Kier alpha value is -3.05. The fourth-order valence-corrected chi connectivity index (χ4v) is 4.37. The summed E-state index contributed by atoms with van der Waals surface area (Å²) in [5.74, 6) is 2.01. The maximum Gasteiger partial charge on any atom is 0.266 e. The quantitative estimate of drug-likeness (QED) is 0.205. The third-order valence-electron chi connectivity index (χ3n) is 5.12. The van der Waals surface area contributed by atoms with E-state index in [-0.39, 0.29) is 5.56 Å². The predicted octanol–water partition coefficient (Wildman–Crippen LogP) is 5.99. The van der Waals surface area contributed by atoms with Crippen molar-refractivity contribution in [2.75, 3.05) is 12.4 Å². The van der Waals surface area contributed by atoms with Crippen LogP contribution in [0.1, 0.15) is 30.9 Å². The second kappa shape index (κ2) is 9.40. The molecule has 0 aliphatic rings. The van der Waals surface area contributed by atoms with Gasteiger partial charge in [0.15, 0.2) is 5.16 Å². The van der Waals surface area contributed by atoms with Gasteiger partial charge in [-0.2, -0.15) is 0 Å². The minimum Gasteiger partial charge on any atom is -0.492 e. The third-order valence-corrected chi connectivity index (χ3v) is 6.03. The molecule has 0 amide bonds. The highest BCUT2D eigenvalue weighted by atomic mass is 32.2. The highest BCUT2D eigenvalue weighted by molar-refractivity contribution is 7.99. The number of hydrogen-bond acceptors (Lipinski definition) is 4. The number of thioether (sulfide) groups is 1.